The molecule has 7 nitrogen and oxygen atoms in total. The van der Waals surface area contributed by atoms with Gasteiger partial charge in [-0.05, 0) is 67.9 Å². The molecule has 2 fully saturated rings. The van der Waals surface area contributed by atoms with E-state index in [1.807, 2.05) is 6.07 Å². The Bertz CT molecular complexity index is 1180. The van der Waals surface area contributed by atoms with E-state index in [0.29, 0.717) is 24.3 Å². The maximum atomic E-state index is 15.0. The summed E-state index contributed by atoms with van der Waals surface area (Å²) in [7, 11) is 1.56. The molecule has 0 radical (unpaired) electrons. The Kier molecular flexibility index (Phi) is 6.23. The van der Waals surface area contributed by atoms with Gasteiger partial charge in [0.1, 0.15) is 17.4 Å². The number of nitrogens with zero attached hydrogens (tertiary/aromatic N) is 3. The van der Waals surface area contributed by atoms with Gasteiger partial charge in [0.25, 0.3) is 5.91 Å². The zero-order chi connectivity index (χ0) is 23.8. The summed E-state index contributed by atoms with van der Waals surface area (Å²) < 4.78 is 20.6. The van der Waals surface area contributed by atoms with Gasteiger partial charge in [-0.3, -0.25) is 14.5 Å². The van der Waals surface area contributed by atoms with Gasteiger partial charge in [0.05, 0.1) is 29.3 Å². The maximum absolute atomic E-state index is 15.0. The van der Waals surface area contributed by atoms with Crippen molar-refractivity contribution in [1.29, 1.82) is 5.26 Å². The highest BCUT2D eigenvalue weighted by molar-refractivity contribution is 7.81. The minimum atomic E-state index is -0.883. The number of anilines is 2. The molecule has 2 aliphatic rings. The van der Waals surface area contributed by atoms with E-state index in [0.717, 1.165) is 6.42 Å². The molecule has 1 saturated carbocycles. The molecule has 4 rings (SSSR count). The maximum Gasteiger partial charge on any atom is 0.259 e. The van der Waals surface area contributed by atoms with E-state index in [4.69, 9.17) is 33.8 Å². The summed E-state index contributed by atoms with van der Waals surface area (Å²) in [5.74, 6) is -0.717. The largest absolute Gasteiger partial charge is 0.493 e. The molecule has 170 valence electrons. The zero-order valence-electron chi connectivity index (χ0n) is 17.7. The third kappa shape index (κ3) is 3.79. The van der Waals surface area contributed by atoms with Crippen LogP contribution in [0.25, 0.3) is 0 Å². The van der Waals surface area contributed by atoms with Crippen LogP contribution in [0.2, 0.25) is 5.02 Å². The predicted molar refractivity (Wildman–Crippen MR) is 126 cm³/mol. The molecule has 2 aromatic carbocycles. The van der Waals surface area contributed by atoms with E-state index in [1.165, 1.54) is 17.0 Å². The fraction of sp³-hybridized carbons (Fsp3) is 0.304. The van der Waals surface area contributed by atoms with Crippen molar-refractivity contribution in [3.05, 3.63) is 52.8 Å². The first-order valence-electron chi connectivity index (χ1n) is 10.3. The highest BCUT2D eigenvalue weighted by Crippen LogP contribution is 2.48. The van der Waals surface area contributed by atoms with Gasteiger partial charge in [-0.25, -0.2) is 4.39 Å². The Morgan fingerprint density at radius 1 is 1.30 bits per heavy atom. The monoisotopic (exact) mass is 486 g/mol. The number of rotatable bonds is 6. The summed E-state index contributed by atoms with van der Waals surface area (Å²) in [4.78, 5) is 27.7. The van der Waals surface area contributed by atoms with Crippen LogP contribution in [0.15, 0.2) is 36.4 Å². The lowest BCUT2D eigenvalue weighted by Gasteiger charge is -2.43. The number of carbonyl (C=O) groups excluding carboxylic acids is 2. The van der Waals surface area contributed by atoms with Crippen molar-refractivity contribution < 1.29 is 18.7 Å². The number of benzene rings is 2. The van der Waals surface area contributed by atoms with Crippen LogP contribution in [0.3, 0.4) is 0 Å². The van der Waals surface area contributed by atoms with Crippen molar-refractivity contribution in [3.63, 3.8) is 0 Å². The fourth-order valence-corrected chi connectivity index (χ4v) is 4.73. The molecular weight excluding hydrogens is 467 g/mol. The third-order valence-electron chi connectivity index (χ3n) is 5.99. The van der Waals surface area contributed by atoms with Gasteiger partial charge >= 0.3 is 0 Å². The average Bonchev–Trinajstić information content (AvgIpc) is 3.03. The van der Waals surface area contributed by atoms with E-state index in [2.05, 4.69) is 5.32 Å². The number of hydrogen-bond acceptors (Lipinski definition) is 5. The van der Waals surface area contributed by atoms with Crippen molar-refractivity contribution in [2.24, 2.45) is 0 Å². The molecule has 0 atom stereocenters. The number of carbonyl (C=O) groups is 2. The van der Waals surface area contributed by atoms with Crippen LogP contribution in [-0.2, 0) is 9.59 Å². The first kappa shape index (κ1) is 23.0. The first-order valence-corrected chi connectivity index (χ1v) is 11.1. The summed E-state index contributed by atoms with van der Waals surface area (Å²) in [6.07, 6.45) is 2.24. The first-order chi connectivity index (χ1) is 15.8. The molecule has 1 heterocycles. The van der Waals surface area contributed by atoms with Gasteiger partial charge in [-0.1, -0.05) is 11.6 Å². The molecule has 2 aromatic rings. The Labute approximate surface area is 200 Å². The molecule has 33 heavy (non-hydrogen) atoms. The van der Waals surface area contributed by atoms with Crippen LogP contribution in [0.4, 0.5) is 15.8 Å². The average molecular weight is 487 g/mol. The van der Waals surface area contributed by atoms with Crippen LogP contribution < -0.4 is 19.9 Å². The van der Waals surface area contributed by atoms with Crippen LogP contribution in [0, 0.1) is 17.1 Å². The molecule has 2 amide bonds. The molecular formula is C23H20ClFN4O3S. The zero-order valence-corrected chi connectivity index (χ0v) is 19.3. The number of hydrogen-bond donors (Lipinski definition) is 1. The highest BCUT2D eigenvalue weighted by atomic mass is 35.5. The fourth-order valence-electron chi connectivity index (χ4n) is 4.07. The van der Waals surface area contributed by atoms with E-state index in [-0.39, 0.29) is 46.2 Å². The van der Waals surface area contributed by atoms with Crippen LogP contribution >= 0.6 is 23.8 Å². The normalized spacial score (nSPS) is 16.5. The molecule has 1 saturated heterocycles. The molecule has 1 aliphatic carbocycles. The van der Waals surface area contributed by atoms with Crippen LogP contribution in [0.1, 0.15) is 31.2 Å². The molecule has 1 N–H and O–H groups in total. The van der Waals surface area contributed by atoms with Crippen molar-refractivity contribution in [3.8, 4) is 11.8 Å². The summed E-state index contributed by atoms with van der Waals surface area (Å²) in [6, 6.07) is 11.6. The summed E-state index contributed by atoms with van der Waals surface area (Å²) in [5.41, 5.74) is -0.296. The minimum Gasteiger partial charge on any atom is -0.493 e. The number of halogens is 2. The van der Waals surface area contributed by atoms with E-state index in [9.17, 15) is 9.59 Å². The molecule has 1 spiro atoms. The lowest BCUT2D eigenvalue weighted by molar-refractivity contribution is -0.124. The van der Waals surface area contributed by atoms with Crippen LogP contribution in [-0.4, -0.2) is 36.1 Å². The molecule has 0 aromatic heterocycles. The van der Waals surface area contributed by atoms with Crippen molar-refractivity contribution in [2.45, 2.75) is 31.2 Å². The molecule has 0 unspecified atom stereocenters. The van der Waals surface area contributed by atoms with E-state index >= 15 is 4.39 Å². The van der Waals surface area contributed by atoms with Crippen molar-refractivity contribution in [2.75, 3.05) is 23.5 Å². The van der Waals surface area contributed by atoms with Crippen molar-refractivity contribution in [1.82, 2.24) is 5.32 Å². The van der Waals surface area contributed by atoms with Gasteiger partial charge in [-0.15, -0.1) is 0 Å². The number of amides is 2. The van der Waals surface area contributed by atoms with Gasteiger partial charge in [0.15, 0.2) is 10.9 Å². The number of nitrogens with one attached hydrogen (secondary N) is 1. The van der Waals surface area contributed by atoms with Gasteiger partial charge in [0, 0.05) is 12.7 Å². The second-order valence-electron chi connectivity index (χ2n) is 7.78. The van der Waals surface area contributed by atoms with E-state index < -0.39 is 11.4 Å². The third-order valence-corrected chi connectivity index (χ3v) is 6.72. The predicted octanol–water partition coefficient (Wildman–Crippen LogP) is 3.93. The smallest absolute Gasteiger partial charge is 0.259 e. The number of ether oxygens (including phenoxy) is 1. The van der Waals surface area contributed by atoms with Crippen molar-refractivity contribution >= 4 is 52.1 Å². The Hall–Kier alpha value is -3.22. The topological polar surface area (TPSA) is 85.7 Å². The van der Waals surface area contributed by atoms with Gasteiger partial charge in [0.2, 0.25) is 5.91 Å². The molecule has 0 bridgehead atoms. The Morgan fingerprint density at radius 3 is 2.58 bits per heavy atom. The van der Waals surface area contributed by atoms with Gasteiger partial charge in [-0.2, -0.15) is 5.26 Å². The van der Waals surface area contributed by atoms with E-state index in [1.54, 1.807) is 36.2 Å². The standard InChI is InChI=1S/C23H20ClFN4O3S/c1-27-18(30)9-12-32-16-6-4-15(5-7-16)29-22(33)28(21(31)23(29)10-2-11-23)17-8-3-14(13-26)19(24)20(17)25/h3-8H,2,9-12H2,1H3,(H,27,30). The Morgan fingerprint density at radius 2 is 2.00 bits per heavy atom. The number of nitriles is 1. The second-order valence-corrected chi connectivity index (χ2v) is 8.52. The summed E-state index contributed by atoms with van der Waals surface area (Å²) in [6.45, 7) is 0.232. The van der Waals surface area contributed by atoms with Crippen LogP contribution in [0.5, 0.6) is 5.75 Å². The van der Waals surface area contributed by atoms with Gasteiger partial charge < -0.3 is 15.0 Å². The molecule has 1 aliphatic heterocycles. The Balaban J connectivity index is 1.63. The number of thiocarbonyl (C=S) groups is 1. The molecule has 10 heteroatoms. The summed E-state index contributed by atoms with van der Waals surface area (Å²) >= 11 is 11.6. The quantitative estimate of drug-likeness (QED) is 0.623. The highest BCUT2D eigenvalue weighted by Gasteiger charge is 2.60. The SMILES string of the molecule is CNC(=O)CCOc1ccc(N2C(=S)N(c3ccc(C#N)c(Cl)c3F)C(=O)C23CCC3)cc1. The second kappa shape index (κ2) is 8.96. The lowest BCUT2D eigenvalue weighted by Crippen LogP contribution is -2.55. The lowest BCUT2D eigenvalue weighted by atomic mass is 9.75. The minimum absolute atomic E-state index is 0.0160. The summed E-state index contributed by atoms with van der Waals surface area (Å²) in [5, 5.41) is 11.4.